The summed E-state index contributed by atoms with van der Waals surface area (Å²) in [5, 5.41) is 5.29. The lowest BCUT2D eigenvalue weighted by Crippen LogP contribution is -2.53. The fraction of sp³-hybridized carbons (Fsp3) is 0.375. The Morgan fingerprint density at radius 3 is 2.78 bits per heavy atom. The van der Waals surface area contributed by atoms with Gasteiger partial charge >= 0.3 is 0 Å². The molecule has 1 unspecified atom stereocenters. The minimum atomic E-state index is -0.958. The Morgan fingerprint density at radius 1 is 1.43 bits per heavy atom. The smallest absolute Gasteiger partial charge is 0.261 e. The van der Waals surface area contributed by atoms with Gasteiger partial charge in [0.25, 0.3) is 5.91 Å². The maximum absolute atomic E-state index is 12.7. The zero-order valence-electron chi connectivity index (χ0n) is 13.1. The van der Waals surface area contributed by atoms with Crippen LogP contribution in [0.25, 0.3) is 0 Å². The van der Waals surface area contributed by atoms with E-state index in [1.807, 2.05) is 13.0 Å². The van der Waals surface area contributed by atoms with Crippen molar-refractivity contribution in [1.82, 2.24) is 10.2 Å². The average Bonchev–Trinajstić information content (AvgIpc) is 2.52. The lowest BCUT2D eigenvalue weighted by molar-refractivity contribution is -0.139. The van der Waals surface area contributed by atoms with Crippen LogP contribution in [0.3, 0.4) is 0 Å². The summed E-state index contributed by atoms with van der Waals surface area (Å²) in [6.07, 6.45) is 0.591. The molecule has 1 aromatic rings. The summed E-state index contributed by atoms with van der Waals surface area (Å²) in [7, 11) is 0. The topological polar surface area (TPSA) is 95.6 Å². The van der Waals surface area contributed by atoms with Crippen molar-refractivity contribution in [1.29, 1.82) is 0 Å². The molecule has 2 N–H and O–H groups in total. The molecule has 1 aliphatic rings. The lowest BCUT2D eigenvalue weighted by Gasteiger charge is -2.28. The van der Waals surface area contributed by atoms with Crippen LogP contribution in [0, 0.1) is 6.92 Å². The highest BCUT2D eigenvalue weighted by Gasteiger charge is 2.35. The molecular weight excluding hydrogens is 298 g/mol. The number of imide groups is 2. The zero-order chi connectivity index (χ0) is 17.0. The second-order valence-corrected chi connectivity index (χ2v) is 5.29. The van der Waals surface area contributed by atoms with Gasteiger partial charge in [0.05, 0.1) is 0 Å². The number of carbonyl (C=O) groups is 4. The highest BCUT2D eigenvalue weighted by atomic mass is 16.2. The van der Waals surface area contributed by atoms with Gasteiger partial charge in [0.2, 0.25) is 18.2 Å². The molecule has 0 aromatic heterocycles. The van der Waals surface area contributed by atoms with Gasteiger partial charge in [-0.15, -0.1) is 0 Å². The Morgan fingerprint density at radius 2 is 2.17 bits per heavy atom. The van der Waals surface area contributed by atoms with Crippen LogP contribution in [0.5, 0.6) is 0 Å². The van der Waals surface area contributed by atoms with E-state index in [2.05, 4.69) is 10.6 Å². The number of nitrogens with zero attached hydrogens (tertiary/aromatic N) is 1. The molecule has 23 heavy (non-hydrogen) atoms. The Labute approximate surface area is 134 Å². The summed E-state index contributed by atoms with van der Waals surface area (Å²) in [6.45, 7) is 4.41. The van der Waals surface area contributed by atoms with E-state index in [0.717, 1.165) is 10.6 Å². The van der Waals surface area contributed by atoms with E-state index in [4.69, 9.17) is 0 Å². The van der Waals surface area contributed by atoms with E-state index < -0.39 is 23.8 Å². The number of hydrogen-bond donors (Lipinski definition) is 2. The first-order valence-corrected chi connectivity index (χ1v) is 7.44. The Hall–Kier alpha value is -2.70. The summed E-state index contributed by atoms with van der Waals surface area (Å²) >= 11 is 0. The lowest BCUT2D eigenvalue weighted by atomic mass is 10.0. The van der Waals surface area contributed by atoms with E-state index in [9.17, 15) is 19.2 Å². The molecule has 1 heterocycles. The predicted octanol–water partition coefficient (Wildman–Crippen LogP) is 0.831. The van der Waals surface area contributed by atoms with Crippen LogP contribution in [0.15, 0.2) is 18.2 Å². The molecule has 0 bridgehead atoms. The first kappa shape index (κ1) is 16.7. The molecule has 7 heteroatoms. The Balaban J connectivity index is 2.30. The number of benzene rings is 1. The third-order valence-electron chi connectivity index (χ3n) is 3.83. The first-order chi connectivity index (χ1) is 11.0. The van der Waals surface area contributed by atoms with Crippen molar-refractivity contribution < 1.29 is 19.2 Å². The molecule has 0 radical (unpaired) electrons. The molecule has 1 fully saturated rings. The fourth-order valence-corrected chi connectivity index (χ4v) is 2.60. The van der Waals surface area contributed by atoms with Gasteiger partial charge in [-0.2, -0.15) is 0 Å². The van der Waals surface area contributed by atoms with Gasteiger partial charge in [-0.1, -0.05) is 6.07 Å². The molecular formula is C16H19N3O4. The molecule has 0 saturated carbocycles. The summed E-state index contributed by atoms with van der Waals surface area (Å²) in [5.41, 5.74) is 1.85. The average molecular weight is 317 g/mol. The molecule has 7 nitrogen and oxygen atoms in total. The highest BCUT2D eigenvalue weighted by Crippen LogP contribution is 2.22. The maximum atomic E-state index is 12.7. The van der Waals surface area contributed by atoms with Crippen molar-refractivity contribution in [2.75, 3.05) is 11.9 Å². The number of piperidine rings is 1. The summed E-state index contributed by atoms with van der Waals surface area (Å²) in [6, 6.07) is 4.21. The van der Waals surface area contributed by atoms with Crippen LogP contribution >= 0.6 is 0 Å². The Bertz CT molecular complexity index is 657. The van der Waals surface area contributed by atoms with E-state index >= 15 is 0 Å². The van der Waals surface area contributed by atoms with Gasteiger partial charge in [-0.3, -0.25) is 29.4 Å². The van der Waals surface area contributed by atoms with Crippen molar-refractivity contribution in [3.05, 3.63) is 29.3 Å². The van der Waals surface area contributed by atoms with Gasteiger partial charge in [0.1, 0.15) is 6.04 Å². The molecule has 1 saturated heterocycles. The summed E-state index contributed by atoms with van der Waals surface area (Å²) in [4.78, 5) is 48.0. The molecule has 1 atom stereocenters. The van der Waals surface area contributed by atoms with Gasteiger partial charge in [0.15, 0.2) is 0 Å². The van der Waals surface area contributed by atoms with E-state index in [-0.39, 0.29) is 12.8 Å². The van der Waals surface area contributed by atoms with Crippen LogP contribution < -0.4 is 10.6 Å². The second kappa shape index (κ2) is 7.04. The molecule has 0 spiro atoms. The molecule has 1 aliphatic heterocycles. The number of carbonyl (C=O) groups excluding carboxylic acids is 4. The van der Waals surface area contributed by atoms with Gasteiger partial charge in [0, 0.05) is 24.2 Å². The normalized spacial score (nSPS) is 17.4. The van der Waals surface area contributed by atoms with Crippen LogP contribution in [0.4, 0.5) is 5.69 Å². The predicted molar refractivity (Wildman–Crippen MR) is 83.7 cm³/mol. The van der Waals surface area contributed by atoms with Crippen molar-refractivity contribution in [2.24, 2.45) is 0 Å². The minimum absolute atomic E-state index is 0.102. The zero-order valence-corrected chi connectivity index (χ0v) is 13.1. The Kier molecular flexibility index (Phi) is 5.10. The largest absolute Gasteiger partial charge is 0.385 e. The quantitative estimate of drug-likeness (QED) is 0.619. The summed E-state index contributed by atoms with van der Waals surface area (Å²) in [5.74, 6) is -1.57. The molecule has 4 amide bonds. The van der Waals surface area contributed by atoms with Crippen LogP contribution in [-0.2, 0) is 14.4 Å². The van der Waals surface area contributed by atoms with Crippen LogP contribution in [0.2, 0.25) is 0 Å². The third-order valence-corrected chi connectivity index (χ3v) is 3.83. The summed E-state index contributed by atoms with van der Waals surface area (Å²) < 4.78 is 0. The van der Waals surface area contributed by atoms with E-state index in [1.54, 1.807) is 19.1 Å². The second-order valence-electron chi connectivity index (χ2n) is 5.29. The number of rotatable bonds is 5. The van der Waals surface area contributed by atoms with Crippen molar-refractivity contribution in [3.8, 4) is 0 Å². The number of amides is 4. The third kappa shape index (κ3) is 3.39. The first-order valence-electron chi connectivity index (χ1n) is 7.44. The number of hydrogen-bond acceptors (Lipinski definition) is 5. The molecule has 2 rings (SSSR count). The van der Waals surface area contributed by atoms with Crippen molar-refractivity contribution in [2.45, 2.75) is 32.7 Å². The van der Waals surface area contributed by atoms with Gasteiger partial charge in [-0.05, 0) is 38.0 Å². The fourth-order valence-electron chi connectivity index (χ4n) is 2.60. The number of nitrogens with one attached hydrogen (secondary N) is 2. The van der Waals surface area contributed by atoms with Crippen LogP contribution in [0.1, 0.15) is 35.7 Å². The van der Waals surface area contributed by atoms with Crippen LogP contribution in [-0.4, -0.2) is 41.6 Å². The molecule has 1 aromatic carbocycles. The van der Waals surface area contributed by atoms with Gasteiger partial charge in [-0.25, -0.2) is 0 Å². The SMILES string of the molecule is CCNc1cccc(C(=O)N(C=O)C2CCC(=O)NC2=O)c1C. The standard InChI is InChI=1S/C16H19N3O4/c1-3-17-12-6-4-5-11(10(12)2)16(23)19(9-20)13-7-8-14(21)18-15(13)22/h4-6,9,13,17H,3,7-8H2,1-2H3,(H,18,21,22). The van der Waals surface area contributed by atoms with Crippen molar-refractivity contribution in [3.63, 3.8) is 0 Å². The van der Waals surface area contributed by atoms with Crippen molar-refractivity contribution >= 4 is 29.8 Å². The maximum Gasteiger partial charge on any atom is 0.261 e. The number of anilines is 1. The van der Waals surface area contributed by atoms with Gasteiger partial charge < -0.3 is 5.32 Å². The van der Waals surface area contributed by atoms with E-state index in [1.165, 1.54) is 0 Å². The monoisotopic (exact) mass is 317 g/mol. The molecule has 122 valence electrons. The van der Waals surface area contributed by atoms with E-state index in [0.29, 0.717) is 24.1 Å². The minimum Gasteiger partial charge on any atom is -0.385 e. The molecule has 0 aliphatic carbocycles. The highest BCUT2D eigenvalue weighted by molar-refractivity contribution is 6.08.